The van der Waals surface area contributed by atoms with Gasteiger partial charge in [-0.05, 0) is 70.8 Å². The van der Waals surface area contributed by atoms with E-state index in [2.05, 4.69) is 0 Å². The molecule has 4 aliphatic heterocycles. The summed E-state index contributed by atoms with van der Waals surface area (Å²) < 4.78 is 25.1. The molecule has 24 nitrogen and oxygen atoms in total. The third-order valence-electron chi connectivity index (χ3n) is 16.0. The molecule has 8 aromatic carbocycles. The molecule has 24 heteroatoms. The molecule has 434 valence electrons. The maximum absolute atomic E-state index is 13.0. The van der Waals surface area contributed by atoms with E-state index in [-0.39, 0.29) is 44.9 Å². The quantitative estimate of drug-likeness (QED) is 0.0827. The van der Waals surface area contributed by atoms with Crippen molar-refractivity contribution < 1.29 is 121 Å². The van der Waals surface area contributed by atoms with E-state index in [1.807, 2.05) is 0 Å². The minimum atomic E-state index is -2.15. The second-order valence-corrected chi connectivity index (χ2v) is 21.0. The van der Waals surface area contributed by atoms with Gasteiger partial charge >= 0.3 is 0 Å². The van der Waals surface area contributed by atoms with Crippen molar-refractivity contribution in [3.8, 4) is 115 Å². The van der Waals surface area contributed by atoms with Gasteiger partial charge in [-0.2, -0.15) is 0 Å². The number of ether oxygens (including phenoxy) is 4. The first-order chi connectivity index (χ1) is 39.9. The standard InChI is InChI=1S/C60H50O24/c61-23-13-33(70)42-40(14-23)82-57(20-2-6-26(63)30(67)10-20)53(78)48(42)44-37(74)18-41-47(52(44)77)50(55(80)58(83-41)21-3-7-27(64)31(68)11-21)46-35(72)16-34(71)45-49(54(79)59(84-60(45)46)22-4-8-28(65)32(69)12-22)43-36(73)17-39-24(51(43)76)15-38(75)56(81-39)19-1-5-25(62)29(66)9-19/h1-14,16-18,38,48-50,53-59,61-80H,15H2/t38-,48?,49?,50?,53-,54-,55-,56-,57-,58-,59-/m1/s1. The highest BCUT2D eigenvalue weighted by Crippen LogP contribution is 2.64. The molecule has 0 aromatic heterocycles. The van der Waals surface area contributed by atoms with Gasteiger partial charge in [0.15, 0.2) is 64.3 Å². The molecule has 0 fully saturated rings. The molecule has 4 heterocycles. The second-order valence-electron chi connectivity index (χ2n) is 21.0. The van der Waals surface area contributed by atoms with Crippen molar-refractivity contribution in [2.45, 2.75) is 73.0 Å². The first kappa shape index (κ1) is 54.2. The van der Waals surface area contributed by atoms with Gasteiger partial charge in [0.05, 0.1) is 23.9 Å². The summed E-state index contributed by atoms with van der Waals surface area (Å²) in [5.74, 6) is -18.9. The molecule has 0 bridgehead atoms. The van der Waals surface area contributed by atoms with Gasteiger partial charge in [0, 0.05) is 75.7 Å². The number of rotatable bonds is 7. The van der Waals surface area contributed by atoms with Crippen LogP contribution in [0.15, 0.2) is 103 Å². The molecular formula is C60H50O24. The predicted octanol–water partition coefficient (Wildman–Crippen LogP) is 5.89. The summed E-state index contributed by atoms with van der Waals surface area (Å²) in [5, 5.41) is 229. The van der Waals surface area contributed by atoms with Gasteiger partial charge in [0.1, 0.15) is 93.4 Å². The van der Waals surface area contributed by atoms with E-state index in [0.29, 0.717) is 0 Å². The zero-order valence-corrected chi connectivity index (χ0v) is 43.0. The van der Waals surface area contributed by atoms with Crippen LogP contribution in [0, 0.1) is 0 Å². The fourth-order valence-electron chi connectivity index (χ4n) is 12.1. The Kier molecular flexibility index (Phi) is 12.7. The lowest BCUT2D eigenvalue weighted by Gasteiger charge is -2.43. The van der Waals surface area contributed by atoms with E-state index in [9.17, 15) is 102 Å². The van der Waals surface area contributed by atoms with Gasteiger partial charge in [-0.1, -0.05) is 24.3 Å². The number of phenols is 16. The molecule has 0 saturated carbocycles. The van der Waals surface area contributed by atoms with Crippen LogP contribution in [0.4, 0.5) is 0 Å². The van der Waals surface area contributed by atoms with E-state index >= 15 is 0 Å². The van der Waals surface area contributed by atoms with Crippen LogP contribution >= 0.6 is 0 Å². The number of aliphatic hydroxyl groups is 4. The minimum Gasteiger partial charge on any atom is -0.508 e. The van der Waals surface area contributed by atoms with Crippen LogP contribution in [0.1, 0.15) is 103 Å². The predicted molar refractivity (Wildman–Crippen MR) is 285 cm³/mol. The molecule has 84 heavy (non-hydrogen) atoms. The average Bonchev–Trinajstić information content (AvgIpc) is 1.63. The van der Waals surface area contributed by atoms with Gasteiger partial charge in [-0.25, -0.2) is 0 Å². The minimum absolute atomic E-state index is 0.00462. The van der Waals surface area contributed by atoms with Gasteiger partial charge in [0.2, 0.25) is 0 Å². The van der Waals surface area contributed by atoms with E-state index in [1.165, 1.54) is 24.3 Å². The molecule has 11 atom stereocenters. The van der Waals surface area contributed by atoms with Crippen molar-refractivity contribution in [1.29, 1.82) is 0 Å². The molecule has 0 radical (unpaired) electrons. The zero-order valence-electron chi connectivity index (χ0n) is 43.0. The Bertz CT molecular complexity index is 4030. The molecule has 8 aromatic rings. The molecule has 0 spiro atoms. The van der Waals surface area contributed by atoms with Crippen LogP contribution in [-0.4, -0.2) is 127 Å². The van der Waals surface area contributed by atoms with E-state index in [1.54, 1.807) is 0 Å². The third-order valence-corrected chi connectivity index (χ3v) is 16.0. The van der Waals surface area contributed by atoms with Gasteiger partial charge in [-0.3, -0.25) is 0 Å². The van der Waals surface area contributed by atoms with Crippen LogP contribution in [0.25, 0.3) is 0 Å². The monoisotopic (exact) mass is 1150 g/mol. The normalized spacial score (nSPS) is 24.0. The van der Waals surface area contributed by atoms with Gasteiger partial charge < -0.3 is 121 Å². The Balaban J connectivity index is 1.10. The van der Waals surface area contributed by atoms with Crippen LogP contribution in [-0.2, 0) is 6.42 Å². The molecule has 0 saturated heterocycles. The van der Waals surface area contributed by atoms with Crippen LogP contribution < -0.4 is 18.9 Å². The molecular weight excluding hydrogens is 1100 g/mol. The topological polar surface area (TPSA) is 442 Å². The van der Waals surface area contributed by atoms with E-state index < -0.39 is 204 Å². The fourth-order valence-corrected chi connectivity index (χ4v) is 12.1. The Labute approximate surface area is 472 Å². The number of fused-ring (bicyclic) bond motifs is 4. The van der Waals surface area contributed by atoms with Crippen molar-refractivity contribution in [1.82, 2.24) is 0 Å². The maximum atomic E-state index is 13.0. The Morgan fingerprint density at radius 2 is 0.643 bits per heavy atom. The summed E-state index contributed by atoms with van der Waals surface area (Å²) in [6.07, 6.45) is -14.5. The Morgan fingerprint density at radius 3 is 1.11 bits per heavy atom. The number of hydrogen-bond donors (Lipinski definition) is 20. The Morgan fingerprint density at radius 1 is 0.286 bits per heavy atom. The molecule has 0 aliphatic carbocycles. The smallest absolute Gasteiger partial charge is 0.157 e. The first-order valence-corrected chi connectivity index (χ1v) is 25.7. The van der Waals surface area contributed by atoms with Crippen LogP contribution in [0.5, 0.6) is 115 Å². The van der Waals surface area contributed by atoms with Crippen LogP contribution in [0.3, 0.4) is 0 Å². The largest absolute Gasteiger partial charge is 0.508 e. The first-order valence-electron chi connectivity index (χ1n) is 25.7. The Hall–Kier alpha value is -10.4. The molecule has 20 N–H and O–H groups in total. The summed E-state index contributed by atoms with van der Waals surface area (Å²) in [5.41, 5.74) is -3.37. The SMILES string of the molecule is Oc1cc(O)c2c(c1)O[C@H](c1ccc(O)c(O)c1)[C@H](O)C2c1c(O)cc2c(c1O)C(c1c(O)cc(O)c3c1O[C@H](c1ccc(O)c(O)c1)[C@H](O)C3c1c(O)cc3c(c1O)C[C@@H](O)[C@@H](c1ccc(O)c(O)c1)O3)[C@@H](O)[C@@H](c1ccc(O)c(O)c1)O2. The number of hydrogen-bond acceptors (Lipinski definition) is 24. The maximum Gasteiger partial charge on any atom is 0.157 e. The average molecular weight is 1160 g/mol. The summed E-state index contributed by atoms with van der Waals surface area (Å²) in [4.78, 5) is 0. The van der Waals surface area contributed by atoms with Crippen LogP contribution in [0.2, 0.25) is 0 Å². The number of aromatic hydroxyl groups is 16. The van der Waals surface area contributed by atoms with Crippen molar-refractivity contribution in [3.63, 3.8) is 0 Å². The molecule has 3 unspecified atom stereocenters. The zero-order chi connectivity index (χ0) is 59.8. The van der Waals surface area contributed by atoms with Crippen molar-refractivity contribution in [3.05, 3.63) is 164 Å². The lowest BCUT2D eigenvalue weighted by atomic mass is 9.72. The summed E-state index contributed by atoms with van der Waals surface area (Å²) in [6.45, 7) is 0. The number of benzene rings is 8. The highest BCUT2D eigenvalue weighted by atomic mass is 16.5. The fraction of sp³-hybridized carbons (Fsp3) is 0.200. The summed E-state index contributed by atoms with van der Waals surface area (Å²) in [6, 6.07) is 18.2. The lowest BCUT2D eigenvalue weighted by Crippen LogP contribution is -2.39. The highest BCUT2D eigenvalue weighted by molar-refractivity contribution is 5.73. The van der Waals surface area contributed by atoms with E-state index in [0.717, 1.165) is 78.9 Å². The lowest BCUT2D eigenvalue weighted by molar-refractivity contribution is -0.00429. The third kappa shape index (κ3) is 8.44. The summed E-state index contributed by atoms with van der Waals surface area (Å²) in [7, 11) is 0. The summed E-state index contributed by atoms with van der Waals surface area (Å²) >= 11 is 0. The van der Waals surface area contributed by atoms with E-state index in [4.69, 9.17) is 18.9 Å². The molecule has 0 amide bonds. The van der Waals surface area contributed by atoms with Crippen molar-refractivity contribution in [2.75, 3.05) is 0 Å². The molecule has 4 aliphatic rings. The van der Waals surface area contributed by atoms with Gasteiger partial charge in [0.25, 0.3) is 0 Å². The second kappa shape index (κ2) is 19.7. The highest BCUT2D eigenvalue weighted by Gasteiger charge is 2.52. The van der Waals surface area contributed by atoms with Crippen molar-refractivity contribution in [2.24, 2.45) is 0 Å². The van der Waals surface area contributed by atoms with Gasteiger partial charge in [-0.15, -0.1) is 0 Å². The number of phenolic OH excluding ortho intramolecular Hbond substituents is 16. The van der Waals surface area contributed by atoms with Crippen molar-refractivity contribution >= 4 is 0 Å². The number of aliphatic hydroxyl groups excluding tert-OH is 4. The molecule has 12 rings (SSSR count).